The number of carbonyl (C=O) groups is 1. The molecule has 0 aliphatic carbocycles. The summed E-state index contributed by atoms with van der Waals surface area (Å²) in [5.74, 6) is -0.235. The maximum atomic E-state index is 13.2. The average molecular weight is 377 g/mol. The van der Waals surface area contributed by atoms with Gasteiger partial charge in [-0.15, -0.1) is 12.6 Å². The highest BCUT2D eigenvalue weighted by atomic mass is 32.1. The third-order valence-corrected chi connectivity index (χ3v) is 4.75. The minimum Gasteiger partial charge on any atom is -0.495 e. The zero-order chi connectivity index (χ0) is 19.4. The van der Waals surface area contributed by atoms with Gasteiger partial charge in [-0.2, -0.15) is 5.26 Å². The Morgan fingerprint density at radius 1 is 1.19 bits per heavy atom. The van der Waals surface area contributed by atoms with Gasteiger partial charge >= 0.3 is 0 Å². The number of carbonyl (C=O) groups excluding carboxylic acids is 1. The fraction of sp³-hybridized carbons (Fsp3) is 0.143. The Balaban J connectivity index is 2.04. The summed E-state index contributed by atoms with van der Waals surface area (Å²) >= 11 is 4.41. The number of nitrogens with zero attached hydrogens (tertiary/aromatic N) is 1. The topological polar surface area (TPSA) is 74.2 Å². The Hall–Kier alpha value is -3.17. The first-order valence-electron chi connectivity index (χ1n) is 8.37. The van der Waals surface area contributed by atoms with E-state index in [9.17, 15) is 10.1 Å². The van der Waals surface area contributed by atoms with Crippen LogP contribution < -0.4 is 15.4 Å². The van der Waals surface area contributed by atoms with Crippen LogP contribution in [0, 0.1) is 11.3 Å². The molecule has 1 heterocycles. The number of anilines is 1. The van der Waals surface area contributed by atoms with Crippen molar-refractivity contribution >= 4 is 24.2 Å². The monoisotopic (exact) mass is 377 g/mol. The molecule has 1 unspecified atom stereocenters. The highest BCUT2D eigenvalue weighted by Gasteiger charge is 2.33. The van der Waals surface area contributed by atoms with Crippen molar-refractivity contribution in [2.45, 2.75) is 12.8 Å². The summed E-state index contributed by atoms with van der Waals surface area (Å²) in [5.41, 5.74) is 2.95. The van der Waals surface area contributed by atoms with Crippen LogP contribution in [-0.4, -0.2) is 13.0 Å². The number of para-hydroxylation sites is 2. The van der Waals surface area contributed by atoms with Gasteiger partial charge in [0.2, 0.25) is 0 Å². The number of benzene rings is 2. The van der Waals surface area contributed by atoms with Crippen LogP contribution >= 0.6 is 12.6 Å². The summed E-state index contributed by atoms with van der Waals surface area (Å²) < 4.78 is 5.31. The predicted molar refractivity (Wildman–Crippen MR) is 108 cm³/mol. The number of dihydropyridines is 1. The van der Waals surface area contributed by atoms with Crippen LogP contribution in [0.25, 0.3) is 0 Å². The molecular weight excluding hydrogens is 358 g/mol. The molecule has 0 radical (unpaired) electrons. The van der Waals surface area contributed by atoms with Gasteiger partial charge in [0.15, 0.2) is 0 Å². The van der Waals surface area contributed by atoms with E-state index >= 15 is 0 Å². The Morgan fingerprint density at radius 2 is 1.85 bits per heavy atom. The van der Waals surface area contributed by atoms with Gasteiger partial charge in [-0.1, -0.05) is 42.5 Å². The predicted octanol–water partition coefficient (Wildman–Crippen LogP) is 3.96. The fourth-order valence-electron chi connectivity index (χ4n) is 3.15. The van der Waals surface area contributed by atoms with Crippen LogP contribution in [0.3, 0.4) is 0 Å². The lowest BCUT2D eigenvalue weighted by molar-refractivity contribution is -0.113. The highest BCUT2D eigenvalue weighted by molar-refractivity contribution is 7.84. The van der Waals surface area contributed by atoms with Crippen LogP contribution in [0.15, 0.2) is 76.5 Å². The number of amides is 1. The summed E-state index contributed by atoms with van der Waals surface area (Å²) in [4.78, 5) is 13.2. The van der Waals surface area contributed by atoms with E-state index in [4.69, 9.17) is 4.74 Å². The maximum Gasteiger partial charge on any atom is 0.254 e. The first-order valence-corrected chi connectivity index (χ1v) is 8.81. The largest absolute Gasteiger partial charge is 0.495 e. The number of allylic oxidation sites excluding steroid dienone is 2. The molecule has 0 saturated heterocycles. The number of thiol groups is 1. The van der Waals surface area contributed by atoms with Crippen molar-refractivity contribution in [3.8, 4) is 11.8 Å². The maximum absolute atomic E-state index is 13.2. The Morgan fingerprint density at radius 3 is 2.52 bits per heavy atom. The van der Waals surface area contributed by atoms with E-state index in [0.717, 1.165) is 5.56 Å². The molecule has 27 heavy (non-hydrogen) atoms. The number of ether oxygens (including phenoxy) is 1. The van der Waals surface area contributed by atoms with Crippen LogP contribution in [0.5, 0.6) is 5.75 Å². The van der Waals surface area contributed by atoms with Crippen molar-refractivity contribution < 1.29 is 9.53 Å². The van der Waals surface area contributed by atoms with Gasteiger partial charge in [-0.05, 0) is 24.6 Å². The molecule has 6 heteroatoms. The van der Waals surface area contributed by atoms with Crippen LogP contribution in [0.4, 0.5) is 5.69 Å². The van der Waals surface area contributed by atoms with Crippen LogP contribution in [0.1, 0.15) is 18.4 Å². The minimum atomic E-state index is -0.500. The van der Waals surface area contributed by atoms with Gasteiger partial charge in [-0.3, -0.25) is 4.79 Å². The Kier molecular flexibility index (Phi) is 5.53. The summed E-state index contributed by atoms with van der Waals surface area (Å²) in [6.45, 7) is 1.80. The summed E-state index contributed by atoms with van der Waals surface area (Å²) in [6, 6.07) is 18.9. The molecule has 1 atom stereocenters. The van der Waals surface area contributed by atoms with Gasteiger partial charge < -0.3 is 15.4 Å². The summed E-state index contributed by atoms with van der Waals surface area (Å²) in [5, 5.41) is 16.1. The number of hydrogen-bond donors (Lipinski definition) is 3. The lowest BCUT2D eigenvalue weighted by atomic mass is 9.82. The summed E-state index contributed by atoms with van der Waals surface area (Å²) in [7, 11) is 1.55. The minimum absolute atomic E-state index is 0.299. The lowest BCUT2D eigenvalue weighted by Gasteiger charge is -2.28. The second-order valence-electron chi connectivity index (χ2n) is 6.04. The third-order valence-electron chi connectivity index (χ3n) is 4.40. The fourth-order valence-corrected chi connectivity index (χ4v) is 3.49. The van der Waals surface area contributed by atoms with Gasteiger partial charge in [0.05, 0.1) is 35.4 Å². The molecule has 1 aliphatic heterocycles. The Bertz CT molecular complexity index is 974. The van der Waals surface area contributed by atoms with Gasteiger partial charge in [0, 0.05) is 11.3 Å². The van der Waals surface area contributed by atoms with E-state index in [-0.39, 0.29) is 5.91 Å². The van der Waals surface area contributed by atoms with Crippen molar-refractivity contribution in [1.82, 2.24) is 5.32 Å². The third kappa shape index (κ3) is 3.69. The molecule has 0 bridgehead atoms. The SMILES string of the molecule is COc1ccccc1NC(=O)C1=C(C)NC(S)=C(C#N)C1c1ccccc1. The molecule has 0 aromatic heterocycles. The van der Waals surface area contributed by atoms with Gasteiger partial charge in [-0.25, -0.2) is 0 Å². The average Bonchev–Trinajstić information content (AvgIpc) is 2.68. The van der Waals surface area contributed by atoms with Crippen molar-refractivity contribution in [1.29, 1.82) is 5.26 Å². The first kappa shape index (κ1) is 18.6. The van der Waals surface area contributed by atoms with E-state index in [1.807, 2.05) is 42.5 Å². The normalized spacial score (nSPS) is 16.4. The number of hydrogen-bond acceptors (Lipinski definition) is 5. The van der Waals surface area contributed by atoms with Gasteiger partial charge in [0.1, 0.15) is 5.75 Å². The lowest BCUT2D eigenvalue weighted by Crippen LogP contribution is -2.30. The first-order chi connectivity index (χ1) is 13.1. The van der Waals surface area contributed by atoms with Crippen molar-refractivity contribution in [3.05, 3.63) is 82.0 Å². The van der Waals surface area contributed by atoms with Crippen LogP contribution in [-0.2, 0) is 4.79 Å². The molecule has 0 fully saturated rings. The Labute approximate surface area is 163 Å². The molecule has 2 aromatic carbocycles. The molecule has 1 amide bonds. The molecule has 1 aliphatic rings. The van der Waals surface area contributed by atoms with E-state index in [0.29, 0.717) is 33.3 Å². The number of nitriles is 1. The smallest absolute Gasteiger partial charge is 0.254 e. The molecule has 3 rings (SSSR count). The van der Waals surface area contributed by atoms with Crippen molar-refractivity contribution in [2.75, 3.05) is 12.4 Å². The number of methoxy groups -OCH3 is 1. The molecule has 2 N–H and O–H groups in total. The van der Waals surface area contributed by atoms with E-state index in [2.05, 4.69) is 29.3 Å². The molecule has 0 saturated carbocycles. The molecule has 5 nitrogen and oxygen atoms in total. The zero-order valence-electron chi connectivity index (χ0n) is 15.0. The summed E-state index contributed by atoms with van der Waals surface area (Å²) in [6.07, 6.45) is 0. The quantitative estimate of drug-likeness (QED) is 0.705. The molecule has 136 valence electrons. The standard InChI is InChI=1S/C21H19N3O2S/c1-13-18(20(25)24-16-10-6-7-11-17(16)26-2)19(14-8-4-3-5-9-14)15(12-22)21(27)23-13/h3-11,19,23,27H,1-2H3,(H,24,25). The number of rotatable bonds is 4. The molecule has 0 spiro atoms. The second kappa shape index (κ2) is 8.02. The van der Waals surface area contributed by atoms with Gasteiger partial charge in [0.25, 0.3) is 5.91 Å². The second-order valence-corrected chi connectivity index (χ2v) is 6.48. The van der Waals surface area contributed by atoms with Crippen molar-refractivity contribution in [3.63, 3.8) is 0 Å². The molecule has 2 aromatic rings. The van der Waals surface area contributed by atoms with E-state index < -0.39 is 5.92 Å². The highest BCUT2D eigenvalue weighted by Crippen LogP contribution is 2.39. The van der Waals surface area contributed by atoms with Crippen molar-refractivity contribution in [2.24, 2.45) is 0 Å². The number of nitrogens with one attached hydrogen (secondary N) is 2. The van der Waals surface area contributed by atoms with E-state index in [1.54, 1.807) is 26.2 Å². The van der Waals surface area contributed by atoms with E-state index in [1.165, 1.54) is 0 Å². The van der Waals surface area contributed by atoms with Crippen LogP contribution in [0.2, 0.25) is 0 Å². The molecular formula is C21H19N3O2S. The zero-order valence-corrected chi connectivity index (χ0v) is 15.9.